The third kappa shape index (κ3) is 1.10. The Labute approximate surface area is 93.0 Å². The van der Waals surface area contributed by atoms with Crippen LogP contribution in [0.2, 0.25) is 0 Å². The molecule has 1 atom stereocenters. The second-order valence-electron chi connectivity index (χ2n) is 4.36. The van der Waals surface area contributed by atoms with E-state index in [0.29, 0.717) is 19.4 Å². The van der Waals surface area contributed by atoms with Crippen LogP contribution in [0.1, 0.15) is 18.4 Å². The molecule has 0 saturated carbocycles. The summed E-state index contributed by atoms with van der Waals surface area (Å²) < 4.78 is 0. The molecule has 4 nitrogen and oxygen atoms in total. The lowest BCUT2D eigenvalue weighted by Gasteiger charge is -2.31. The third-order valence-electron chi connectivity index (χ3n) is 3.49. The quantitative estimate of drug-likeness (QED) is 0.630. The topological polar surface area (TPSA) is 58.2 Å². The van der Waals surface area contributed by atoms with E-state index in [-0.39, 0.29) is 11.8 Å². The van der Waals surface area contributed by atoms with Crippen molar-refractivity contribution in [1.29, 1.82) is 0 Å². The predicted octanol–water partition coefficient (Wildman–Crippen LogP) is 0.786. The monoisotopic (exact) mass is 216 g/mol. The number of carbonyl (C=O) groups is 2. The Morgan fingerprint density at radius 2 is 2.00 bits per heavy atom. The molecule has 2 heterocycles. The zero-order chi connectivity index (χ0) is 11.2. The first kappa shape index (κ1) is 9.39. The van der Waals surface area contributed by atoms with Gasteiger partial charge in [0.1, 0.15) is 0 Å². The standard InChI is InChI=1S/C12H12N2O2/c15-10-5-6-12(11(16)14-10)7-13-9-4-2-1-3-8(9)12/h1-4,13H,5-7H2,(H,14,15,16). The number of amides is 2. The van der Waals surface area contributed by atoms with Crippen LogP contribution >= 0.6 is 0 Å². The van der Waals surface area contributed by atoms with E-state index in [2.05, 4.69) is 10.6 Å². The highest BCUT2D eigenvalue weighted by molar-refractivity contribution is 6.05. The lowest BCUT2D eigenvalue weighted by atomic mass is 9.75. The third-order valence-corrected chi connectivity index (χ3v) is 3.49. The first-order chi connectivity index (χ1) is 7.72. The molecule has 0 bridgehead atoms. The van der Waals surface area contributed by atoms with Crippen LogP contribution in [0.15, 0.2) is 24.3 Å². The van der Waals surface area contributed by atoms with Gasteiger partial charge < -0.3 is 5.32 Å². The fourth-order valence-electron chi connectivity index (χ4n) is 2.57. The average molecular weight is 216 g/mol. The van der Waals surface area contributed by atoms with Crippen molar-refractivity contribution in [3.63, 3.8) is 0 Å². The van der Waals surface area contributed by atoms with E-state index < -0.39 is 5.41 Å². The Morgan fingerprint density at radius 1 is 1.19 bits per heavy atom. The van der Waals surface area contributed by atoms with Crippen molar-refractivity contribution in [3.05, 3.63) is 29.8 Å². The molecule has 2 amide bonds. The summed E-state index contributed by atoms with van der Waals surface area (Å²) >= 11 is 0. The molecule has 82 valence electrons. The second-order valence-corrected chi connectivity index (χ2v) is 4.36. The summed E-state index contributed by atoms with van der Waals surface area (Å²) in [7, 11) is 0. The summed E-state index contributed by atoms with van der Waals surface area (Å²) in [6.07, 6.45) is 1.02. The number of hydrogen-bond acceptors (Lipinski definition) is 3. The van der Waals surface area contributed by atoms with Crippen LogP contribution in [0.4, 0.5) is 5.69 Å². The molecule has 1 fully saturated rings. The highest BCUT2D eigenvalue weighted by Gasteiger charge is 2.48. The van der Waals surface area contributed by atoms with Gasteiger partial charge >= 0.3 is 0 Å². The van der Waals surface area contributed by atoms with Crippen LogP contribution in [0.3, 0.4) is 0 Å². The molecule has 4 heteroatoms. The van der Waals surface area contributed by atoms with E-state index in [1.165, 1.54) is 0 Å². The minimum Gasteiger partial charge on any atom is -0.383 e. The Kier molecular flexibility index (Phi) is 1.80. The van der Waals surface area contributed by atoms with Gasteiger partial charge in [-0.25, -0.2) is 0 Å². The summed E-state index contributed by atoms with van der Waals surface area (Å²) in [6, 6.07) is 7.80. The molecule has 2 N–H and O–H groups in total. The molecule has 1 saturated heterocycles. The summed E-state index contributed by atoms with van der Waals surface area (Å²) in [5, 5.41) is 5.67. The number of para-hydroxylation sites is 1. The maximum Gasteiger partial charge on any atom is 0.239 e. The van der Waals surface area contributed by atoms with E-state index in [1.54, 1.807) is 0 Å². The molecule has 3 rings (SSSR count). The number of piperidine rings is 1. The number of carbonyl (C=O) groups excluding carboxylic acids is 2. The van der Waals surface area contributed by atoms with Crippen molar-refractivity contribution >= 4 is 17.5 Å². The van der Waals surface area contributed by atoms with Crippen LogP contribution in [-0.4, -0.2) is 18.4 Å². The van der Waals surface area contributed by atoms with Crippen molar-refractivity contribution < 1.29 is 9.59 Å². The first-order valence-electron chi connectivity index (χ1n) is 5.40. The molecule has 1 spiro atoms. The Balaban J connectivity index is 2.08. The van der Waals surface area contributed by atoms with Crippen molar-refractivity contribution in [3.8, 4) is 0 Å². The minimum atomic E-state index is -0.537. The Hall–Kier alpha value is -1.84. The van der Waals surface area contributed by atoms with Gasteiger partial charge in [0, 0.05) is 18.7 Å². The van der Waals surface area contributed by atoms with Crippen LogP contribution in [0, 0.1) is 0 Å². The van der Waals surface area contributed by atoms with E-state index >= 15 is 0 Å². The highest BCUT2D eigenvalue weighted by atomic mass is 16.2. The zero-order valence-electron chi connectivity index (χ0n) is 8.75. The number of anilines is 1. The lowest BCUT2D eigenvalue weighted by molar-refractivity contribution is -0.137. The van der Waals surface area contributed by atoms with Gasteiger partial charge in [-0.1, -0.05) is 18.2 Å². The molecule has 16 heavy (non-hydrogen) atoms. The van der Waals surface area contributed by atoms with E-state index in [4.69, 9.17) is 0 Å². The number of hydrogen-bond donors (Lipinski definition) is 2. The summed E-state index contributed by atoms with van der Waals surface area (Å²) in [6.45, 7) is 0.589. The average Bonchev–Trinajstić information content (AvgIpc) is 2.65. The molecule has 0 radical (unpaired) electrons. The van der Waals surface area contributed by atoms with Crippen molar-refractivity contribution in [1.82, 2.24) is 5.32 Å². The molecule has 2 aliphatic rings. The smallest absolute Gasteiger partial charge is 0.239 e. The van der Waals surface area contributed by atoms with Gasteiger partial charge in [0.05, 0.1) is 5.41 Å². The summed E-state index contributed by atoms with van der Waals surface area (Å²) in [4.78, 5) is 23.2. The molecule has 0 aromatic heterocycles. The van der Waals surface area contributed by atoms with Gasteiger partial charge in [0.15, 0.2) is 0 Å². The summed E-state index contributed by atoms with van der Waals surface area (Å²) in [5.74, 6) is -0.332. The van der Waals surface area contributed by atoms with Crippen LogP contribution in [-0.2, 0) is 15.0 Å². The number of benzene rings is 1. The van der Waals surface area contributed by atoms with Crippen molar-refractivity contribution in [2.75, 3.05) is 11.9 Å². The lowest BCUT2D eigenvalue weighted by Crippen LogP contribution is -2.52. The van der Waals surface area contributed by atoms with E-state index in [0.717, 1.165) is 11.3 Å². The van der Waals surface area contributed by atoms with Crippen LogP contribution < -0.4 is 10.6 Å². The molecule has 0 aliphatic carbocycles. The number of fused-ring (bicyclic) bond motifs is 2. The number of nitrogens with one attached hydrogen (secondary N) is 2. The van der Waals surface area contributed by atoms with Gasteiger partial charge in [-0.3, -0.25) is 14.9 Å². The number of imide groups is 1. The maximum absolute atomic E-state index is 12.0. The fraction of sp³-hybridized carbons (Fsp3) is 0.333. The molecule has 1 aromatic rings. The largest absolute Gasteiger partial charge is 0.383 e. The Morgan fingerprint density at radius 3 is 2.81 bits per heavy atom. The summed E-state index contributed by atoms with van der Waals surface area (Å²) in [5.41, 5.74) is 1.48. The predicted molar refractivity (Wildman–Crippen MR) is 59.0 cm³/mol. The molecular weight excluding hydrogens is 204 g/mol. The minimum absolute atomic E-state index is 0.166. The molecule has 2 aliphatic heterocycles. The van der Waals surface area contributed by atoms with Gasteiger partial charge in [-0.2, -0.15) is 0 Å². The van der Waals surface area contributed by atoms with Gasteiger partial charge in [0.2, 0.25) is 11.8 Å². The SMILES string of the molecule is O=C1CCC2(CNc3ccccc32)C(=O)N1. The Bertz CT molecular complexity index is 484. The molecule has 1 unspecified atom stereocenters. The first-order valence-corrected chi connectivity index (χ1v) is 5.40. The molecular formula is C12H12N2O2. The van der Waals surface area contributed by atoms with E-state index in [9.17, 15) is 9.59 Å². The van der Waals surface area contributed by atoms with Gasteiger partial charge in [-0.05, 0) is 18.1 Å². The van der Waals surface area contributed by atoms with Crippen molar-refractivity contribution in [2.45, 2.75) is 18.3 Å². The molecule has 1 aromatic carbocycles. The highest BCUT2D eigenvalue weighted by Crippen LogP contribution is 2.41. The maximum atomic E-state index is 12.0. The van der Waals surface area contributed by atoms with Gasteiger partial charge in [0.25, 0.3) is 0 Å². The van der Waals surface area contributed by atoms with Crippen molar-refractivity contribution in [2.24, 2.45) is 0 Å². The zero-order valence-corrected chi connectivity index (χ0v) is 8.75. The fourth-order valence-corrected chi connectivity index (χ4v) is 2.57. The van der Waals surface area contributed by atoms with Crippen LogP contribution in [0.5, 0.6) is 0 Å². The van der Waals surface area contributed by atoms with E-state index in [1.807, 2.05) is 24.3 Å². The normalized spacial score (nSPS) is 27.5. The number of rotatable bonds is 0. The second kappa shape index (κ2) is 3.07. The van der Waals surface area contributed by atoms with Crippen LogP contribution in [0.25, 0.3) is 0 Å². The van der Waals surface area contributed by atoms with Gasteiger partial charge in [-0.15, -0.1) is 0 Å².